The van der Waals surface area contributed by atoms with Crippen LogP contribution in [0.4, 0.5) is 0 Å². The number of hydrogen-bond donors (Lipinski definition) is 1. The van der Waals surface area contributed by atoms with Gasteiger partial charge in [-0.3, -0.25) is 9.63 Å². The third-order valence-corrected chi connectivity index (χ3v) is 2.48. The Hall–Kier alpha value is -1.81. The summed E-state index contributed by atoms with van der Waals surface area (Å²) in [4.78, 5) is 15.8. The van der Waals surface area contributed by atoms with Gasteiger partial charge < -0.3 is 4.57 Å². The number of fused-ring (bicyclic) bond motifs is 1. The largest absolute Gasteiger partial charge is 0.347 e. The molecule has 1 aromatic carbocycles. The molecular formula is C12H14N2O2. The quantitative estimate of drug-likeness (QED) is 0.794. The van der Waals surface area contributed by atoms with E-state index in [2.05, 4.69) is 21.0 Å². The number of benzene rings is 1. The van der Waals surface area contributed by atoms with Crippen molar-refractivity contribution < 1.29 is 9.63 Å². The van der Waals surface area contributed by atoms with Crippen molar-refractivity contribution in [3.05, 3.63) is 36.5 Å². The first kappa shape index (κ1) is 10.7. The molecule has 0 atom stereocenters. The zero-order valence-corrected chi connectivity index (χ0v) is 9.14. The van der Waals surface area contributed by atoms with Crippen molar-refractivity contribution in [3.63, 3.8) is 0 Å². The summed E-state index contributed by atoms with van der Waals surface area (Å²) in [7, 11) is 1.43. The fourth-order valence-electron chi connectivity index (χ4n) is 1.72. The van der Waals surface area contributed by atoms with Gasteiger partial charge in [-0.1, -0.05) is 18.2 Å². The molecule has 16 heavy (non-hydrogen) atoms. The number of aryl methyl sites for hydroxylation is 1. The normalized spacial score (nSPS) is 10.6. The Kier molecular flexibility index (Phi) is 3.22. The maximum atomic E-state index is 11.2. The molecular weight excluding hydrogens is 204 g/mol. The van der Waals surface area contributed by atoms with Gasteiger partial charge >= 0.3 is 0 Å². The van der Waals surface area contributed by atoms with Crippen molar-refractivity contribution in [3.8, 4) is 0 Å². The van der Waals surface area contributed by atoms with Crippen LogP contribution >= 0.6 is 0 Å². The SMILES string of the molecule is CONC(=O)CCn1ccc2ccccc21. The van der Waals surface area contributed by atoms with Crippen LogP contribution in [0, 0.1) is 0 Å². The van der Waals surface area contributed by atoms with Crippen LogP contribution in [0.25, 0.3) is 10.9 Å². The Labute approximate surface area is 93.8 Å². The highest BCUT2D eigenvalue weighted by Crippen LogP contribution is 2.15. The van der Waals surface area contributed by atoms with Gasteiger partial charge in [-0.25, -0.2) is 5.48 Å². The number of carbonyl (C=O) groups excluding carboxylic acids is 1. The van der Waals surface area contributed by atoms with Crippen molar-refractivity contribution in [1.29, 1.82) is 0 Å². The van der Waals surface area contributed by atoms with E-state index in [1.807, 2.05) is 30.5 Å². The molecule has 2 aromatic rings. The maximum absolute atomic E-state index is 11.2. The van der Waals surface area contributed by atoms with Crippen LogP contribution in [0.1, 0.15) is 6.42 Å². The van der Waals surface area contributed by atoms with Gasteiger partial charge in [0, 0.05) is 24.7 Å². The van der Waals surface area contributed by atoms with E-state index in [9.17, 15) is 4.79 Å². The second-order valence-electron chi connectivity index (χ2n) is 3.55. The number of carbonyl (C=O) groups is 1. The van der Waals surface area contributed by atoms with Crippen LogP contribution in [-0.2, 0) is 16.2 Å². The first-order chi connectivity index (χ1) is 7.81. The van der Waals surface area contributed by atoms with E-state index in [0.29, 0.717) is 13.0 Å². The highest BCUT2D eigenvalue weighted by Gasteiger charge is 2.03. The minimum atomic E-state index is -0.111. The van der Waals surface area contributed by atoms with E-state index in [0.717, 1.165) is 5.52 Å². The van der Waals surface area contributed by atoms with Gasteiger partial charge in [-0.15, -0.1) is 0 Å². The molecule has 0 aliphatic rings. The predicted molar refractivity (Wildman–Crippen MR) is 61.7 cm³/mol. The third kappa shape index (κ3) is 2.23. The Morgan fingerprint density at radius 1 is 1.38 bits per heavy atom. The molecule has 2 rings (SSSR count). The molecule has 0 spiro atoms. The number of para-hydroxylation sites is 1. The lowest BCUT2D eigenvalue weighted by Crippen LogP contribution is -2.22. The molecule has 4 heteroatoms. The van der Waals surface area contributed by atoms with Crippen molar-refractivity contribution in [1.82, 2.24) is 10.0 Å². The lowest BCUT2D eigenvalue weighted by Gasteiger charge is -2.05. The minimum absolute atomic E-state index is 0.111. The summed E-state index contributed by atoms with van der Waals surface area (Å²) in [6.07, 6.45) is 2.40. The molecule has 0 fully saturated rings. The summed E-state index contributed by atoms with van der Waals surface area (Å²) in [5.74, 6) is -0.111. The second kappa shape index (κ2) is 4.81. The number of aromatic nitrogens is 1. The molecule has 1 heterocycles. The molecule has 1 amide bonds. The van der Waals surface area contributed by atoms with E-state index in [-0.39, 0.29) is 5.91 Å². The highest BCUT2D eigenvalue weighted by atomic mass is 16.6. The Bertz CT molecular complexity index is 490. The summed E-state index contributed by atoms with van der Waals surface area (Å²) in [6.45, 7) is 0.655. The minimum Gasteiger partial charge on any atom is -0.347 e. The van der Waals surface area contributed by atoms with Crippen molar-refractivity contribution in [2.45, 2.75) is 13.0 Å². The van der Waals surface area contributed by atoms with Crippen LogP contribution < -0.4 is 5.48 Å². The fraction of sp³-hybridized carbons (Fsp3) is 0.250. The van der Waals surface area contributed by atoms with Gasteiger partial charge in [0.25, 0.3) is 0 Å². The first-order valence-corrected chi connectivity index (χ1v) is 5.17. The van der Waals surface area contributed by atoms with E-state index in [4.69, 9.17) is 0 Å². The van der Waals surface area contributed by atoms with Crippen LogP contribution in [0.3, 0.4) is 0 Å². The van der Waals surface area contributed by atoms with Gasteiger partial charge in [-0.05, 0) is 17.5 Å². The number of nitrogens with one attached hydrogen (secondary N) is 1. The van der Waals surface area contributed by atoms with Crippen molar-refractivity contribution >= 4 is 16.8 Å². The zero-order chi connectivity index (χ0) is 11.4. The van der Waals surface area contributed by atoms with Crippen molar-refractivity contribution in [2.24, 2.45) is 0 Å². The molecule has 1 N–H and O–H groups in total. The lowest BCUT2D eigenvalue weighted by atomic mass is 10.2. The van der Waals surface area contributed by atoms with Crippen LogP contribution in [0.15, 0.2) is 36.5 Å². The average Bonchev–Trinajstić information content (AvgIpc) is 2.70. The molecule has 84 valence electrons. The van der Waals surface area contributed by atoms with Crippen molar-refractivity contribution in [2.75, 3.05) is 7.11 Å². The topological polar surface area (TPSA) is 43.3 Å². The molecule has 0 aliphatic heterocycles. The summed E-state index contributed by atoms with van der Waals surface area (Å²) >= 11 is 0. The molecule has 0 bridgehead atoms. The number of rotatable bonds is 4. The molecule has 0 saturated carbocycles. The number of amides is 1. The van der Waals surface area contributed by atoms with E-state index < -0.39 is 0 Å². The van der Waals surface area contributed by atoms with Gasteiger partial charge in [0.2, 0.25) is 5.91 Å². The van der Waals surface area contributed by atoms with Crippen LogP contribution in [0.2, 0.25) is 0 Å². The Morgan fingerprint density at radius 3 is 3.00 bits per heavy atom. The Balaban J connectivity index is 2.07. The summed E-state index contributed by atoms with van der Waals surface area (Å²) in [5.41, 5.74) is 3.45. The van der Waals surface area contributed by atoms with Gasteiger partial charge in [0.05, 0.1) is 7.11 Å². The van der Waals surface area contributed by atoms with Gasteiger partial charge in [0.1, 0.15) is 0 Å². The first-order valence-electron chi connectivity index (χ1n) is 5.17. The molecule has 0 radical (unpaired) electrons. The Morgan fingerprint density at radius 2 is 2.19 bits per heavy atom. The van der Waals surface area contributed by atoms with Crippen LogP contribution in [0.5, 0.6) is 0 Å². The predicted octanol–water partition coefficient (Wildman–Crippen LogP) is 1.71. The van der Waals surface area contributed by atoms with Gasteiger partial charge in [-0.2, -0.15) is 0 Å². The fourth-order valence-corrected chi connectivity index (χ4v) is 1.72. The molecule has 0 aliphatic carbocycles. The molecule has 4 nitrogen and oxygen atoms in total. The monoisotopic (exact) mass is 218 g/mol. The molecule has 1 aromatic heterocycles. The number of hydrogen-bond acceptors (Lipinski definition) is 2. The maximum Gasteiger partial charge on any atom is 0.245 e. The molecule has 0 saturated heterocycles. The summed E-state index contributed by atoms with van der Waals surface area (Å²) in [6, 6.07) is 10.1. The number of nitrogens with zero attached hydrogens (tertiary/aromatic N) is 1. The standard InChI is InChI=1S/C12H14N2O2/c1-16-13-12(15)7-9-14-8-6-10-4-2-3-5-11(10)14/h2-6,8H,7,9H2,1H3,(H,13,15). The lowest BCUT2D eigenvalue weighted by molar-refractivity contribution is -0.131. The smallest absolute Gasteiger partial charge is 0.245 e. The van der Waals surface area contributed by atoms with E-state index >= 15 is 0 Å². The molecule has 0 unspecified atom stereocenters. The second-order valence-corrected chi connectivity index (χ2v) is 3.55. The summed E-state index contributed by atoms with van der Waals surface area (Å²) in [5, 5.41) is 1.19. The average molecular weight is 218 g/mol. The van der Waals surface area contributed by atoms with Gasteiger partial charge in [0.15, 0.2) is 0 Å². The summed E-state index contributed by atoms with van der Waals surface area (Å²) < 4.78 is 2.06. The van der Waals surface area contributed by atoms with E-state index in [1.165, 1.54) is 12.5 Å². The highest BCUT2D eigenvalue weighted by molar-refractivity contribution is 5.80. The van der Waals surface area contributed by atoms with Crippen LogP contribution in [-0.4, -0.2) is 17.6 Å². The van der Waals surface area contributed by atoms with E-state index in [1.54, 1.807) is 0 Å². The number of hydroxylamine groups is 1. The zero-order valence-electron chi connectivity index (χ0n) is 9.14. The third-order valence-electron chi connectivity index (χ3n) is 2.48.